The van der Waals surface area contributed by atoms with Crippen molar-refractivity contribution in [1.29, 1.82) is 0 Å². The number of ether oxygens (including phenoxy) is 1. The van der Waals surface area contributed by atoms with Crippen molar-refractivity contribution in [3.8, 4) is 5.75 Å². The van der Waals surface area contributed by atoms with Gasteiger partial charge in [-0.25, -0.2) is 0 Å². The summed E-state index contributed by atoms with van der Waals surface area (Å²) in [6, 6.07) is 6.53. The molecule has 1 heterocycles. The van der Waals surface area contributed by atoms with Gasteiger partial charge >= 0.3 is 6.61 Å². The van der Waals surface area contributed by atoms with Gasteiger partial charge in [0.1, 0.15) is 5.75 Å². The number of Topliss-reactive ketones (excluding diaryl/α,β-unsaturated/α-hetero) is 1. The standard InChI is InChI=1S/C15H19F2NO2/c1-10-3-2-4-12(18-10)9-14(19)11-5-7-13(8-6-11)20-15(16)17/h5-8,10,12,15,18H,2-4,9H2,1H3. The van der Waals surface area contributed by atoms with E-state index < -0.39 is 6.61 Å². The first-order valence-corrected chi connectivity index (χ1v) is 6.88. The van der Waals surface area contributed by atoms with E-state index in [0.717, 1.165) is 19.3 Å². The minimum absolute atomic E-state index is 0.0280. The summed E-state index contributed by atoms with van der Waals surface area (Å²) >= 11 is 0. The lowest BCUT2D eigenvalue weighted by atomic mass is 9.94. The van der Waals surface area contributed by atoms with Crippen molar-refractivity contribution in [2.75, 3.05) is 0 Å². The van der Waals surface area contributed by atoms with Gasteiger partial charge in [0, 0.05) is 24.1 Å². The number of ketones is 1. The second kappa shape index (κ2) is 6.79. The quantitative estimate of drug-likeness (QED) is 0.842. The van der Waals surface area contributed by atoms with Gasteiger partial charge in [-0.05, 0) is 44.0 Å². The van der Waals surface area contributed by atoms with Crippen LogP contribution in [0.3, 0.4) is 0 Å². The summed E-state index contributed by atoms with van der Waals surface area (Å²) in [5.41, 5.74) is 0.534. The Bertz CT molecular complexity index is 448. The molecule has 2 unspecified atom stereocenters. The van der Waals surface area contributed by atoms with Crippen molar-refractivity contribution in [3.63, 3.8) is 0 Å². The van der Waals surface area contributed by atoms with E-state index in [1.807, 2.05) is 0 Å². The minimum Gasteiger partial charge on any atom is -0.435 e. The molecule has 110 valence electrons. The Morgan fingerprint density at radius 1 is 1.35 bits per heavy atom. The molecule has 0 radical (unpaired) electrons. The topological polar surface area (TPSA) is 38.3 Å². The van der Waals surface area contributed by atoms with E-state index >= 15 is 0 Å². The largest absolute Gasteiger partial charge is 0.435 e. The zero-order chi connectivity index (χ0) is 14.5. The third kappa shape index (κ3) is 4.27. The Morgan fingerprint density at radius 2 is 2.05 bits per heavy atom. The van der Waals surface area contributed by atoms with Gasteiger partial charge in [-0.1, -0.05) is 6.42 Å². The molecule has 20 heavy (non-hydrogen) atoms. The number of piperidine rings is 1. The first-order valence-electron chi connectivity index (χ1n) is 6.88. The highest BCUT2D eigenvalue weighted by Crippen LogP contribution is 2.19. The highest BCUT2D eigenvalue weighted by Gasteiger charge is 2.21. The van der Waals surface area contributed by atoms with Gasteiger partial charge in [0.05, 0.1) is 0 Å². The van der Waals surface area contributed by atoms with Crippen LogP contribution in [0.2, 0.25) is 0 Å². The number of carbonyl (C=O) groups excluding carboxylic acids is 1. The Kier molecular flexibility index (Phi) is 5.06. The molecular weight excluding hydrogens is 264 g/mol. The highest BCUT2D eigenvalue weighted by molar-refractivity contribution is 5.96. The third-order valence-corrected chi connectivity index (χ3v) is 3.54. The summed E-state index contributed by atoms with van der Waals surface area (Å²) < 4.78 is 28.3. The van der Waals surface area contributed by atoms with Crippen LogP contribution < -0.4 is 10.1 Å². The maximum absolute atomic E-state index is 12.1. The monoisotopic (exact) mass is 283 g/mol. The summed E-state index contributed by atoms with van der Waals surface area (Å²) in [7, 11) is 0. The van der Waals surface area contributed by atoms with E-state index in [2.05, 4.69) is 17.0 Å². The molecule has 0 aromatic heterocycles. The number of halogens is 2. The predicted molar refractivity (Wildman–Crippen MR) is 72.3 cm³/mol. The molecule has 2 atom stereocenters. The number of carbonyl (C=O) groups is 1. The lowest BCUT2D eigenvalue weighted by molar-refractivity contribution is -0.0498. The Labute approximate surface area is 117 Å². The van der Waals surface area contributed by atoms with Crippen molar-refractivity contribution in [1.82, 2.24) is 5.32 Å². The zero-order valence-electron chi connectivity index (χ0n) is 11.4. The average Bonchev–Trinajstić information content (AvgIpc) is 2.38. The summed E-state index contributed by atoms with van der Waals surface area (Å²) in [6.07, 6.45) is 3.72. The summed E-state index contributed by atoms with van der Waals surface area (Å²) in [6.45, 7) is -0.725. The molecule has 1 saturated heterocycles. The molecule has 1 aliphatic rings. The van der Waals surface area contributed by atoms with E-state index in [-0.39, 0.29) is 17.6 Å². The molecular formula is C15H19F2NO2. The van der Waals surface area contributed by atoms with Crippen molar-refractivity contribution in [3.05, 3.63) is 29.8 Å². The fraction of sp³-hybridized carbons (Fsp3) is 0.533. The Hall–Kier alpha value is -1.49. The van der Waals surface area contributed by atoms with Gasteiger partial charge in [-0.2, -0.15) is 8.78 Å². The predicted octanol–water partition coefficient (Wildman–Crippen LogP) is 3.39. The van der Waals surface area contributed by atoms with Crippen LogP contribution in [-0.4, -0.2) is 24.5 Å². The van der Waals surface area contributed by atoms with Crippen molar-refractivity contribution < 1.29 is 18.3 Å². The zero-order valence-corrected chi connectivity index (χ0v) is 11.4. The molecule has 0 bridgehead atoms. The normalized spacial score (nSPS) is 22.8. The minimum atomic E-state index is -2.84. The molecule has 1 aromatic rings. The summed E-state index contributed by atoms with van der Waals surface area (Å²) in [5.74, 6) is 0.0983. The summed E-state index contributed by atoms with van der Waals surface area (Å²) in [5, 5.41) is 3.41. The van der Waals surface area contributed by atoms with Crippen LogP contribution in [0.5, 0.6) is 5.75 Å². The molecule has 0 amide bonds. The Morgan fingerprint density at radius 3 is 2.65 bits per heavy atom. The SMILES string of the molecule is CC1CCCC(CC(=O)c2ccc(OC(F)F)cc2)N1. The lowest BCUT2D eigenvalue weighted by Gasteiger charge is -2.28. The van der Waals surface area contributed by atoms with Crippen LogP contribution in [0.25, 0.3) is 0 Å². The molecule has 0 saturated carbocycles. The summed E-state index contributed by atoms with van der Waals surface area (Å²) in [4.78, 5) is 12.1. The van der Waals surface area contributed by atoms with Gasteiger partial charge in [0.25, 0.3) is 0 Å². The van der Waals surface area contributed by atoms with Crippen LogP contribution in [-0.2, 0) is 0 Å². The molecule has 1 aromatic carbocycles. The van der Waals surface area contributed by atoms with Crippen molar-refractivity contribution in [2.24, 2.45) is 0 Å². The van der Waals surface area contributed by atoms with Crippen LogP contribution in [0.15, 0.2) is 24.3 Å². The molecule has 3 nitrogen and oxygen atoms in total. The van der Waals surface area contributed by atoms with E-state index in [9.17, 15) is 13.6 Å². The van der Waals surface area contributed by atoms with Crippen molar-refractivity contribution in [2.45, 2.75) is 51.3 Å². The molecule has 1 N–H and O–H groups in total. The maximum atomic E-state index is 12.1. The smallest absolute Gasteiger partial charge is 0.387 e. The van der Waals surface area contributed by atoms with E-state index in [1.165, 1.54) is 24.3 Å². The molecule has 1 fully saturated rings. The number of nitrogens with one attached hydrogen (secondary N) is 1. The number of alkyl halides is 2. The number of benzene rings is 1. The molecule has 1 aliphatic heterocycles. The van der Waals surface area contributed by atoms with E-state index in [0.29, 0.717) is 18.0 Å². The van der Waals surface area contributed by atoms with Gasteiger partial charge < -0.3 is 10.1 Å². The number of rotatable bonds is 5. The van der Waals surface area contributed by atoms with Gasteiger partial charge in [0.2, 0.25) is 0 Å². The van der Waals surface area contributed by atoms with Gasteiger partial charge in [-0.15, -0.1) is 0 Å². The number of hydrogen-bond donors (Lipinski definition) is 1. The Balaban J connectivity index is 1.91. The molecule has 5 heteroatoms. The van der Waals surface area contributed by atoms with Crippen LogP contribution in [0, 0.1) is 0 Å². The van der Waals surface area contributed by atoms with E-state index in [4.69, 9.17) is 0 Å². The molecule has 2 rings (SSSR count). The van der Waals surface area contributed by atoms with Crippen LogP contribution in [0.1, 0.15) is 43.0 Å². The fourth-order valence-corrected chi connectivity index (χ4v) is 2.56. The molecule has 0 aliphatic carbocycles. The molecule has 0 spiro atoms. The van der Waals surface area contributed by atoms with Crippen LogP contribution >= 0.6 is 0 Å². The first kappa shape index (κ1) is 14.9. The third-order valence-electron chi connectivity index (χ3n) is 3.54. The van der Waals surface area contributed by atoms with E-state index in [1.54, 1.807) is 0 Å². The van der Waals surface area contributed by atoms with Crippen molar-refractivity contribution >= 4 is 5.78 Å². The highest BCUT2D eigenvalue weighted by atomic mass is 19.3. The second-order valence-electron chi connectivity index (χ2n) is 5.23. The first-order chi connectivity index (χ1) is 9.54. The maximum Gasteiger partial charge on any atom is 0.387 e. The second-order valence-corrected chi connectivity index (χ2v) is 5.23. The lowest BCUT2D eigenvalue weighted by Crippen LogP contribution is -2.41. The number of hydrogen-bond acceptors (Lipinski definition) is 3. The van der Waals surface area contributed by atoms with Gasteiger partial charge in [-0.3, -0.25) is 4.79 Å². The van der Waals surface area contributed by atoms with Crippen LogP contribution in [0.4, 0.5) is 8.78 Å². The fourth-order valence-electron chi connectivity index (χ4n) is 2.56. The van der Waals surface area contributed by atoms with Gasteiger partial charge in [0.15, 0.2) is 5.78 Å². The average molecular weight is 283 g/mol.